The summed E-state index contributed by atoms with van der Waals surface area (Å²) in [6.45, 7) is 8.01. The zero-order valence-corrected chi connectivity index (χ0v) is 12.1. The van der Waals surface area contributed by atoms with Gasteiger partial charge in [-0.15, -0.1) is 0 Å². The molecule has 1 saturated carbocycles. The Hall–Kier alpha value is -0.610. The largest absolute Gasteiger partial charge is 0.438 e. The van der Waals surface area contributed by atoms with Gasteiger partial charge in [0, 0.05) is 32.2 Å². The first kappa shape index (κ1) is 14.8. The van der Waals surface area contributed by atoms with Crippen LogP contribution in [0.3, 0.4) is 0 Å². The average Bonchev–Trinajstić information content (AvgIpc) is 2.48. The van der Waals surface area contributed by atoms with E-state index in [0.717, 1.165) is 45.1 Å². The fourth-order valence-electron chi connectivity index (χ4n) is 3.46. The first-order chi connectivity index (χ1) is 9.35. The van der Waals surface area contributed by atoms with Gasteiger partial charge in [-0.1, -0.05) is 32.6 Å². The van der Waals surface area contributed by atoms with Gasteiger partial charge in [0.1, 0.15) is 0 Å². The van der Waals surface area contributed by atoms with Crippen molar-refractivity contribution in [3.05, 3.63) is 0 Å². The second-order valence-electron chi connectivity index (χ2n) is 5.81. The maximum Gasteiger partial charge on any atom is 0.419 e. The molecule has 1 unspecified atom stereocenters. The van der Waals surface area contributed by atoms with E-state index in [1.807, 2.05) is 0 Å². The standard InChI is InChI=1S/C15H27N2O2/c1-2-6-15(19-13-18)17-11-9-16(10-12-17)14-7-4-3-5-8-14/h14-15H,2-12H2,1H3. The molecule has 0 aromatic heterocycles. The molecule has 1 atom stereocenters. The summed E-state index contributed by atoms with van der Waals surface area (Å²) >= 11 is 0. The van der Waals surface area contributed by atoms with Gasteiger partial charge in [-0.2, -0.15) is 0 Å². The molecule has 1 heterocycles. The predicted octanol–water partition coefficient (Wildman–Crippen LogP) is 2.15. The van der Waals surface area contributed by atoms with E-state index in [4.69, 9.17) is 4.74 Å². The summed E-state index contributed by atoms with van der Waals surface area (Å²) in [7, 11) is 0. The highest BCUT2D eigenvalue weighted by Crippen LogP contribution is 2.24. The Kier molecular flexibility index (Phi) is 6.11. The van der Waals surface area contributed by atoms with E-state index < -0.39 is 0 Å². The number of nitrogens with zero attached hydrogens (tertiary/aromatic N) is 2. The third-order valence-corrected chi connectivity index (χ3v) is 4.57. The molecule has 2 rings (SSSR count). The second-order valence-corrected chi connectivity index (χ2v) is 5.81. The molecule has 19 heavy (non-hydrogen) atoms. The summed E-state index contributed by atoms with van der Waals surface area (Å²) in [5, 5.41) is 0. The highest BCUT2D eigenvalue weighted by molar-refractivity contribution is 5.38. The quantitative estimate of drug-likeness (QED) is 0.738. The van der Waals surface area contributed by atoms with Gasteiger partial charge in [0.2, 0.25) is 0 Å². The van der Waals surface area contributed by atoms with E-state index in [2.05, 4.69) is 16.7 Å². The van der Waals surface area contributed by atoms with Gasteiger partial charge in [0.05, 0.1) is 0 Å². The smallest absolute Gasteiger partial charge is 0.419 e. The normalized spacial score (nSPS) is 25.1. The summed E-state index contributed by atoms with van der Waals surface area (Å²) in [6, 6.07) is 0.805. The van der Waals surface area contributed by atoms with Gasteiger partial charge in [0.25, 0.3) is 0 Å². The van der Waals surface area contributed by atoms with Crippen molar-refractivity contribution in [2.24, 2.45) is 0 Å². The van der Waals surface area contributed by atoms with E-state index in [9.17, 15) is 4.79 Å². The highest BCUT2D eigenvalue weighted by atomic mass is 16.5. The molecule has 2 aliphatic rings. The second kappa shape index (κ2) is 7.85. The lowest BCUT2D eigenvalue weighted by atomic mass is 9.94. The number of hydrogen-bond acceptors (Lipinski definition) is 4. The lowest BCUT2D eigenvalue weighted by Gasteiger charge is -2.42. The first-order valence-corrected chi connectivity index (χ1v) is 7.86. The Morgan fingerprint density at radius 3 is 2.42 bits per heavy atom. The topological polar surface area (TPSA) is 32.8 Å². The van der Waals surface area contributed by atoms with Crippen molar-refractivity contribution in [1.29, 1.82) is 0 Å². The Labute approximate surface area is 117 Å². The van der Waals surface area contributed by atoms with Crippen molar-refractivity contribution >= 4 is 6.47 Å². The summed E-state index contributed by atoms with van der Waals surface area (Å²) in [6.07, 6.45) is 8.84. The Bertz CT molecular complexity index is 259. The molecular weight excluding hydrogens is 240 g/mol. The summed E-state index contributed by atoms with van der Waals surface area (Å²) in [5.41, 5.74) is 0. The Morgan fingerprint density at radius 1 is 1.16 bits per heavy atom. The zero-order chi connectivity index (χ0) is 13.5. The maximum absolute atomic E-state index is 10.5. The highest BCUT2D eigenvalue weighted by Gasteiger charge is 2.28. The van der Waals surface area contributed by atoms with Crippen LogP contribution < -0.4 is 0 Å². The van der Waals surface area contributed by atoms with Crippen LogP contribution in [0, 0.1) is 0 Å². The molecule has 4 heteroatoms. The van der Waals surface area contributed by atoms with Gasteiger partial charge in [0.15, 0.2) is 6.23 Å². The van der Waals surface area contributed by atoms with E-state index in [0.29, 0.717) is 0 Å². The third-order valence-electron chi connectivity index (χ3n) is 4.57. The molecule has 0 spiro atoms. The predicted molar refractivity (Wildman–Crippen MR) is 75.5 cm³/mol. The number of carbonyl (C=O) groups excluding carboxylic acids is 1. The Balaban J connectivity index is 1.78. The van der Waals surface area contributed by atoms with Gasteiger partial charge >= 0.3 is 6.47 Å². The van der Waals surface area contributed by atoms with Crippen LogP contribution in [-0.2, 0) is 9.53 Å². The number of piperazine rings is 1. The zero-order valence-electron chi connectivity index (χ0n) is 12.1. The minimum atomic E-state index is -0.0593. The lowest BCUT2D eigenvalue weighted by Crippen LogP contribution is -2.54. The molecule has 2 fully saturated rings. The summed E-state index contributed by atoms with van der Waals surface area (Å²) < 4.78 is 5.10. The van der Waals surface area contributed by atoms with Gasteiger partial charge in [-0.25, -0.2) is 4.79 Å². The van der Waals surface area contributed by atoms with E-state index in [1.165, 1.54) is 32.1 Å². The summed E-state index contributed by atoms with van der Waals surface area (Å²) in [5.74, 6) is 0. The molecule has 4 nitrogen and oxygen atoms in total. The van der Waals surface area contributed by atoms with Crippen molar-refractivity contribution < 1.29 is 9.53 Å². The van der Waals surface area contributed by atoms with Crippen LogP contribution in [0.25, 0.3) is 0 Å². The van der Waals surface area contributed by atoms with Crippen LogP contribution >= 0.6 is 0 Å². The molecule has 0 bridgehead atoms. The molecule has 1 saturated heterocycles. The molecule has 0 aromatic carbocycles. The first-order valence-electron chi connectivity index (χ1n) is 7.86. The van der Waals surface area contributed by atoms with Crippen molar-refractivity contribution in [3.8, 4) is 0 Å². The van der Waals surface area contributed by atoms with Gasteiger partial charge < -0.3 is 4.74 Å². The number of ether oxygens (including phenoxy) is 1. The molecule has 0 amide bonds. The molecular formula is C15H27N2O2. The lowest BCUT2D eigenvalue weighted by molar-refractivity contribution is -0.0323. The molecule has 1 aliphatic heterocycles. The number of hydrogen-bond donors (Lipinski definition) is 0. The summed E-state index contributed by atoms with van der Waals surface area (Å²) in [4.78, 5) is 15.4. The molecule has 1 aliphatic carbocycles. The Morgan fingerprint density at radius 2 is 1.84 bits per heavy atom. The van der Waals surface area contributed by atoms with E-state index in [-0.39, 0.29) is 6.23 Å². The minimum absolute atomic E-state index is 0.0593. The van der Waals surface area contributed by atoms with Crippen molar-refractivity contribution in [2.75, 3.05) is 26.2 Å². The fourth-order valence-corrected chi connectivity index (χ4v) is 3.46. The van der Waals surface area contributed by atoms with Gasteiger partial charge in [-0.05, 0) is 19.3 Å². The van der Waals surface area contributed by atoms with E-state index >= 15 is 0 Å². The maximum atomic E-state index is 10.5. The van der Waals surface area contributed by atoms with Crippen LogP contribution in [0.5, 0.6) is 0 Å². The molecule has 109 valence electrons. The van der Waals surface area contributed by atoms with Crippen molar-refractivity contribution in [1.82, 2.24) is 9.80 Å². The monoisotopic (exact) mass is 267 g/mol. The third kappa shape index (κ3) is 4.18. The van der Waals surface area contributed by atoms with Crippen LogP contribution in [0.4, 0.5) is 0 Å². The van der Waals surface area contributed by atoms with Crippen molar-refractivity contribution in [2.45, 2.75) is 64.1 Å². The van der Waals surface area contributed by atoms with Crippen molar-refractivity contribution in [3.63, 3.8) is 0 Å². The minimum Gasteiger partial charge on any atom is -0.438 e. The fraction of sp³-hybridized carbons (Fsp3) is 0.933. The van der Waals surface area contributed by atoms with Crippen LogP contribution in [-0.4, -0.2) is 54.7 Å². The SMILES string of the molecule is CCCC(O[C]=O)N1CCN(C2CCCCC2)CC1. The molecule has 0 N–H and O–H groups in total. The van der Waals surface area contributed by atoms with Crippen LogP contribution in [0.15, 0.2) is 0 Å². The van der Waals surface area contributed by atoms with E-state index in [1.54, 1.807) is 6.47 Å². The molecule has 1 radical (unpaired) electrons. The molecule has 0 aromatic rings. The van der Waals surface area contributed by atoms with Crippen LogP contribution in [0.2, 0.25) is 0 Å². The van der Waals surface area contributed by atoms with Crippen LogP contribution in [0.1, 0.15) is 51.9 Å². The van der Waals surface area contributed by atoms with Gasteiger partial charge in [-0.3, -0.25) is 9.80 Å². The number of rotatable bonds is 6. The average molecular weight is 267 g/mol.